The summed E-state index contributed by atoms with van der Waals surface area (Å²) in [5.41, 5.74) is 0. The van der Waals surface area contributed by atoms with E-state index in [-0.39, 0.29) is 12.3 Å². The Labute approximate surface area is 100 Å². The summed E-state index contributed by atoms with van der Waals surface area (Å²) in [6.45, 7) is 0. The lowest BCUT2D eigenvalue weighted by Gasteiger charge is -2.21. The van der Waals surface area contributed by atoms with Crippen molar-refractivity contribution in [3.63, 3.8) is 0 Å². The van der Waals surface area contributed by atoms with Crippen molar-refractivity contribution in [2.75, 3.05) is 7.05 Å². The van der Waals surface area contributed by atoms with E-state index in [0.29, 0.717) is 10.2 Å². The second kappa shape index (κ2) is 3.93. The zero-order valence-corrected chi connectivity index (χ0v) is 10.1. The summed E-state index contributed by atoms with van der Waals surface area (Å²) in [6, 6.07) is 1.15. The number of aliphatic carboxylic acids is 1. The molecule has 0 radical (unpaired) electrons. The number of rotatable bonds is 2. The maximum Gasteiger partial charge on any atom is 0.309 e. The van der Waals surface area contributed by atoms with Gasteiger partial charge in [0.2, 0.25) is 5.91 Å². The number of furan rings is 1. The fraction of sp³-hybridized carbons (Fsp3) is 0.400. The van der Waals surface area contributed by atoms with Gasteiger partial charge >= 0.3 is 5.97 Å². The van der Waals surface area contributed by atoms with Crippen LogP contribution >= 0.6 is 15.9 Å². The topological polar surface area (TPSA) is 70.8 Å². The van der Waals surface area contributed by atoms with E-state index < -0.39 is 17.9 Å². The van der Waals surface area contributed by atoms with Crippen molar-refractivity contribution in [3.8, 4) is 0 Å². The second-order valence-corrected chi connectivity index (χ2v) is 4.59. The van der Waals surface area contributed by atoms with E-state index in [1.165, 1.54) is 11.2 Å². The summed E-state index contributed by atoms with van der Waals surface area (Å²) in [4.78, 5) is 24.0. The van der Waals surface area contributed by atoms with Crippen molar-refractivity contribution in [3.05, 3.63) is 22.6 Å². The van der Waals surface area contributed by atoms with Crippen molar-refractivity contribution in [2.24, 2.45) is 5.92 Å². The number of hydrogen-bond acceptors (Lipinski definition) is 3. The van der Waals surface area contributed by atoms with Crippen LogP contribution in [0.15, 0.2) is 21.2 Å². The zero-order chi connectivity index (χ0) is 11.9. The van der Waals surface area contributed by atoms with E-state index in [4.69, 9.17) is 9.52 Å². The summed E-state index contributed by atoms with van der Waals surface area (Å²) >= 11 is 3.28. The molecule has 2 atom stereocenters. The first-order chi connectivity index (χ1) is 7.52. The Kier molecular flexibility index (Phi) is 2.75. The predicted molar refractivity (Wildman–Crippen MR) is 57.7 cm³/mol. The van der Waals surface area contributed by atoms with Gasteiger partial charge in [0.1, 0.15) is 11.8 Å². The number of carboxylic acids is 1. The lowest BCUT2D eigenvalue weighted by atomic mass is 9.99. The van der Waals surface area contributed by atoms with Crippen LogP contribution in [0.25, 0.3) is 0 Å². The van der Waals surface area contributed by atoms with E-state index in [0.717, 1.165) is 0 Å². The molecular formula is C10H10BrNO4. The maximum absolute atomic E-state index is 11.5. The van der Waals surface area contributed by atoms with E-state index in [2.05, 4.69) is 15.9 Å². The normalized spacial score (nSPS) is 25.1. The van der Waals surface area contributed by atoms with Crippen LogP contribution in [-0.2, 0) is 9.59 Å². The summed E-state index contributed by atoms with van der Waals surface area (Å²) in [5.74, 6) is -1.42. The van der Waals surface area contributed by atoms with Gasteiger partial charge in [-0.1, -0.05) is 0 Å². The molecule has 1 aliphatic heterocycles. The molecule has 0 bridgehead atoms. The molecule has 2 unspecified atom stereocenters. The van der Waals surface area contributed by atoms with E-state index in [1.54, 1.807) is 13.1 Å². The lowest BCUT2D eigenvalue weighted by Crippen LogP contribution is -2.26. The number of carbonyl (C=O) groups excluding carboxylic acids is 1. The van der Waals surface area contributed by atoms with Crippen molar-refractivity contribution in [2.45, 2.75) is 12.5 Å². The van der Waals surface area contributed by atoms with Crippen LogP contribution in [0.1, 0.15) is 18.2 Å². The lowest BCUT2D eigenvalue weighted by molar-refractivity contribution is -0.142. The molecule has 1 N–H and O–H groups in total. The van der Waals surface area contributed by atoms with Gasteiger partial charge in [-0.25, -0.2) is 0 Å². The van der Waals surface area contributed by atoms with Crippen LogP contribution in [0.5, 0.6) is 0 Å². The van der Waals surface area contributed by atoms with Crippen LogP contribution in [-0.4, -0.2) is 28.9 Å². The van der Waals surface area contributed by atoms with E-state index in [9.17, 15) is 9.59 Å². The smallest absolute Gasteiger partial charge is 0.309 e. The summed E-state index contributed by atoms with van der Waals surface area (Å²) < 4.78 is 5.93. The van der Waals surface area contributed by atoms with Gasteiger partial charge in [-0.15, -0.1) is 0 Å². The molecule has 1 amide bonds. The Morgan fingerprint density at radius 3 is 2.88 bits per heavy atom. The molecule has 0 aromatic carbocycles. The summed E-state index contributed by atoms with van der Waals surface area (Å²) in [5, 5.41) is 9.07. The predicted octanol–water partition coefficient (Wildman–Crippen LogP) is 1.65. The minimum absolute atomic E-state index is 0.0175. The Morgan fingerprint density at radius 2 is 2.38 bits per heavy atom. The van der Waals surface area contributed by atoms with E-state index in [1.807, 2.05) is 0 Å². The average molecular weight is 288 g/mol. The van der Waals surface area contributed by atoms with Gasteiger partial charge in [0.05, 0.1) is 16.7 Å². The number of hydrogen-bond donors (Lipinski definition) is 1. The van der Waals surface area contributed by atoms with Gasteiger partial charge < -0.3 is 14.4 Å². The molecule has 2 heterocycles. The molecule has 16 heavy (non-hydrogen) atoms. The van der Waals surface area contributed by atoms with Crippen LogP contribution in [0.3, 0.4) is 0 Å². The molecule has 1 aromatic rings. The average Bonchev–Trinajstić information content (AvgIpc) is 2.73. The Hall–Kier alpha value is -1.30. The molecule has 5 nitrogen and oxygen atoms in total. The molecule has 2 rings (SSSR count). The Bertz CT molecular complexity index is 442. The highest BCUT2D eigenvalue weighted by Gasteiger charge is 2.45. The highest BCUT2D eigenvalue weighted by Crippen LogP contribution is 2.40. The van der Waals surface area contributed by atoms with Crippen molar-refractivity contribution in [1.29, 1.82) is 0 Å². The number of halogens is 1. The van der Waals surface area contributed by atoms with E-state index >= 15 is 0 Å². The number of nitrogens with zero attached hydrogens (tertiary/aromatic N) is 1. The highest BCUT2D eigenvalue weighted by molar-refractivity contribution is 9.10. The van der Waals surface area contributed by atoms with Crippen LogP contribution in [0.2, 0.25) is 0 Å². The largest absolute Gasteiger partial charge is 0.481 e. The van der Waals surface area contributed by atoms with Crippen LogP contribution < -0.4 is 0 Å². The molecular weight excluding hydrogens is 278 g/mol. The summed E-state index contributed by atoms with van der Waals surface area (Å²) in [7, 11) is 1.59. The highest BCUT2D eigenvalue weighted by atomic mass is 79.9. The fourth-order valence-electron chi connectivity index (χ4n) is 1.97. The minimum atomic E-state index is -0.981. The third-order valence-electron chi connectivity index (χ3n) is 2.82. The third kappa shape index (κ3) is 1.63. The van der Waals surface area contributed by atoms with Gasteiger partial charge in [-0.3, -0.25) is 9.59 Å². The van der Waals surface area contributed by atoms with Gasteiger partial charge in [-0.2, -0.15) is 0 Å². The SMILES string of the molecule is CN1C(=O)CC(C(=O)O)C1c1occc1Br. The number of carboxylic acid groups (broad SMARTS) is 1. The minimum Gasteiger partial charge on any atom is -0.481 e. The maximum atomic E-state index is 11.5. The number of likely N-dealkylation sites (tertiary alicyclic amines) is 1. The zero-order valence-electron chi connectivity index (χ0n) is 8.51. The van der Waals surface area contributed by atoms with Crippen molar-refractivity contribution >= 4 is 27.8 Å². The molecule has 1 fully saturated rings. The molecule has 86 valence electrons. The van der Waals surface area contributed by atoms with Gasteiger partial charge in [0, 0.05) is 13.5 Å². The number of carbonyl (C=O) groups is 2. The first-order valence-corrected chi connectivity index (χ1v) is 5.53. The monoisotopic (exact) mass is 287 g/mol. The van der Waals surface area contributed by atoms with Crippen LogP contribution in [0.4, 0.5) is 0 Å². The van der Waals surface area contributed by atoms with Crippen molar-refractivity contribution < 1.29 is 19.1 Å². The molecule has 0 saturated carbocycles. The summed E-state index contributed by atoms with van der Waals surface area (Å²) in [6.07, 6.45) is 1.48. The molecule has 0 aliphatic carbocycles. The van der Waals surface area contributed by atoms with Gasteiger partial charge in [-0.05, 0) is 22.0 Å². The standard InChI is InChI=1S/C10H10BrNO4/c1-12-7(13)4-5(10(14)15)8(12)9-6(11)2-3-16-9/h2-3,5,8H,4H2,1H3,(H,14,15). The first kappa shape index (κ1) is 11.2. The third-order valence-corrected chi connectivity index (χ3v) is 3.47. The Morgan fingerprint density at radius 1 is 1.69 bits per heavy atom. The molecule has 1 saturated heterocycles. The van der Waals surface area contributed by atoms with Gasteiger partial charge in [0.25, 0.3) is 0 Å². The van der Waals surface area contributed by atoms with Gasteiger partial charge in [0.15, 0.2) is 0 Å². The first-order valence-electron chi connectivity index (χ1n) is 4.73. The quantitative estimate of drug-likeness (QED) is 0.898. The molecule has 0 spiro atoms. The van der Waals surface area contributed by atoms with Crippen LogP contribution in [0, 0.1) is 5.92 Å². The Balaban J connectivity index is 2.40. The molecule has 1 aliphatic rings. The number of amides is 1. The van der Waals surface area contributed by atoms with Crippen molar-refractivity contribution in [1.82, 2.24) is 4.90 Å². The second-order valence-electron chi connectivity index (χ2n) is 3.73. The molecule has 6 heteroatoms. The molecule has 1 aromatic heterocycles. The fourth-order valence-corrected chi connectivity index (χ4v) is 2.40.